The van der Waals surface area contributed by atoms with Crippen LogP contribution in [-0.4, -0.2) is 35.7 Å². The molecule has 0 bridgehead atoms. The highest BCUT2D eigenvalue weighted by Crippen LogP contribution is 2.21. The minimum atomic E-state index is -0.0113. The van der Waals surface area contributed by atoms with Crippen LogP contribution in [0.2, 0.25) is 0 Å². The minimum absolute atomic E-state index is 0.0113. The molecule has 0 aliphatic carbocycles. The normalized spacial score (nSPS) is 10.9. The number of carbonyl (C=O) groups is 1. The number of ether oxygens (including phenoxy) is 2. The summed E-state index contributed by atoms with van der Waals surface area (Å²) in [4.78, 5) is 17.1. The number of benzene rings is 3. The van der Waals surface area contributed by atoms with Crippen LogP contribution in [-0.2, 0) is 13.0 Å². The van der Waals surface area contributed by atoms with Gasteiger partial charge < -0.3 is 19.4 Å². The van der Waals surface area contributed by atoms with Crippen LogP contribution >= 0.6 is 0 Å². The molecule has 4 rings (SSSR count). The van der Waals surface area contributed by atoms with E-state index in [2.05, 4.69) is 22.0 Å². The van der Waals surface area contributed by atoms with E-state index in [1.165, 1.54) is 0 Å². The lowest BCUT2D eigenvalue weighted by atomic mass is 10.1. The Morgan fingerprint density at radius 3 is 2.57 bits per heavy atom. The lowest BCUT2D eigenvalue weighted by Gasteiger charge is -2.12. The lowest BCUT2D eigenvalue weighted by molar-refractivity contribution is 0.0953. The Hall–Kier alpha value is -3.80. The van der Waals surface area contributed by atoms with Gasteiger partial charge in [0.25, 0.3) is 5.91 Å². The standard InChI is InChI=1S/C29H33N3O3/c1-22-14-16-23(17-15-22)29(33)30-18-7-3-4-13-28-31-26-11-5-6-12-27(26)32(28)19-20-35-25-10-8-9-24(21-25)34-2/h5-6,8-12,14-17,21H,3-4,7,13,18-20H2,1-2H3,(H,30,33). The number of rotatable bonds is 12. The number of aromatic nitrogens is 2. The van der Waals surface area contributed by atoms with Crippen LogP contribution < -0.4 is 14.8 Å². The first-order valence-corrected chi connectivity index (χ1v) is 12.2. The molecule has 4 aromatic rings. The van der Waals surface area contributed by atoms with E-state index < -0.39 is 0 Å². The number of fused-ring (bicyclic) bond motifs is 1. The summed E-state index contributed by atoms with van der Waals surface area (Å²) in [6, 6.07) is 23.6. The number of hydrogen-bond donors (Lipinski definition) is 1. The fraction of sp³-hybridized carbons (Fsp3) is 0.310. The van der Waals surface area contributed by atoms with Crippen LogP contribution in [0.25, 0.3) is 11.0 Å². The van der Waals surface area contributed by atoms with Gasteiger partial charge >= 0.3 is 0 Å². The average molecular weight is 472 g/mol. The molecule has 0 fully saturated rings. The van der Waals surface area contributed by atoms with Crippen molar-refractivity contribution in [3.8, 4) is 11.5 Å². The molecule has 0 saturated carbocycles. The Morgan fingerprint density at radius 1 is 0.943 bits per heavy atom. The Balaban J connectivity index is 1.27. The van der Waals surface area contributed by atoms with Crippen molar-refractivity contribution in [3.63, 3.8) is 0 Å². The molecular weight excluding hydrogens is 438 g/mol. The van der Waals surface area contributed by atoms with Gasteiger partial charge in [0.2, 0.25) is 0 Å². The largest absolute Gasteiger partial charge is 0.497 e. The van der Waals surface area contributed by atoms with Crippen LogP contribution in [0.5, 0.6) is 11.5 Å². The van der Waals surface area contributed by atoms with Crippen molar-refractivity contribution < 1.29 is 14.3 Å². The number of hydrogen-bond acceptors (Lipinski definition) is 4. The van der Waals surface area contributed by atoms with Gasteiger partial charge in [0.15, 0.2) is 0 Å². The quantitative estimate of drug-likeness (QED) is 0.274. The third kappa shape index (κ3) is 6.63. The number of aryl methyl sites for hydroxylation is 2. The van der Waals surface area contributed by atoms with Gasteiger partial charge in [0.1, 0.15) is 23.9 Å². The summed E-state index contributed by atoms with van der Waals surface area (Å²) < 4.78 is 13.5. The Labute approximate surface area is 206 Å². The molecule has 0 unspecified atom stereocenters. The van der Waals surface area contributed by atoms with E-state index in [0.717, 1.165) is 66.1 Å². The molecule has 182 valence electrons. The zero-order valence-corrected chi connectivity index (χ0v) is 20.5. The third-order valence-electron chi connectivity index (χ3n) is 6.03. The van der Waals surface area contributed by atoms with Gasteiger partial charge in [-0.1, -0.05) is 42.3 Å². The second kappa shape index (κ2) is 12.1. The van der Waals surface area contributed by atoms with E-state index in [1.807, 2.05) is 67.6 Å². The van der Waals surface area contributed by atoms with Gasteiger partial charge in [-0.3, -0.25) is 4.79 Å². The van der Waals surface area contributed by atoms with E-state index in [0.29, 0.717) is 18.7 Å². The molecule has 0 aliphatic rings. The molecule has 0 saturated heterocycles. The molecule has 1 N–H and O–H groups in total. The molecule has 3 aromatic carbocycles. The van der Waals surface area contributed by atoms with Gasteiger partial charge in [-0.05, 0) is 56.2 Å². The van der Waals surface area contributed by atoms with Crippen molar-refractivity contribution in [3.05, 3.63) is 89.7 Å². The van der Waals surface area contributed by atoms with Gasteiger partial charge in [0.05, 0.1) is 24.7 Å². The summed E-state index contributed by atoms with van der Waals surface area (Å²) in [5, 5.41) is 3.02. The number of nitrogens with zero attached hydrogens (tertiary/aromatic N) is 2. The third-order valence-corrected chi connectivity index (χ3v) is 6.03. The van der Waals surface area contributed by atoms with Gasteiger partial charge in [-0.25, -0.2) is 4.98 Å². The molecule has 6 heteroatoms. The van der Waals surface area contributed by atoms with Crippen LogP contribution in [0.4, 0.5) is 0 Å². The van der Waals surface area contributed by atoms with Crippen LogP contribution in [0.3, 0.4) is 0 Å². The summed E-state index contributed by atoms with van der Waals surface area (Å²) in [5.74, 6) is 2.64. The second-order valence-electron chi connectivity index (χ2n) is 8.63. The fourth-order valence-corrected chi connectivity index (χ4v) is 4.11. The van der Waals surface area contributed by atoms with Crippen molar-refractivity contribution in [2.45, 2.75) is 39.2 Å². The highest BCUT2D eigenvalue weighted by molar-refractivity contribution is 5.94. The van der Waals surface area contributed by atoms with Crippen molar-refractivity contribution >= 4 is 16.9 Å². The van der Waals surface area contributed by atoms with E-state index >= 15 is 0 Å². The van der Waals surface area contributed by atoms with Gasteiger partial charge in [-0.2, -0.15) is 0 Å². The smallest absolute Gasteiger partial charge is 0.251 e. The van der Waals surface area contributed by atoms with Gasteiger partial charge in [-0.15, -0.1) is 0 Å². The number of unbranched alkanes of at least 4 members (excludes halogenated alkanes) is 2. The van der Waals surface area contributed by atoms with E-state index in [4.69, 9.17) is 14.5 Å². The first-order chi connectivity index (χ1) is 17.1. The second-order valence-corrected chi connectivity index (χ2v) is 8.63. The first-order valence-electron chi connectivity index (χ1n) is 12.2. The molecule has 0 spiro atoms. The maximum Gasteiger partial charge on any atom is 0.251 e. The zero-order chi connectivity index (χ0) is 24.5. The van der Waals surface area contributed by atoms with E-state index in [1.54, 1.807) is 7.11 Å². The van der Waals surface area contributed by atoms with E-state index in [9.17, 15) is 4.79 Å². The van der Waals surface area contributed by atoms with Crippen LogP contribution in [0.15, 0.2) is 72.8 Å². The number of nitrogens with one attached hydrogen (secondary N) is 1. The summed E-state index contributed by atoms with van der Waals surface area (Å²) in [5.41, 5.74) is 4.00. The molecule has 6 nitrogen and oxygen atoms in total. The highest BCUT2D eigenvalue weighted by atomic mass is 16.5. The van der Waals surface area contributed by atoms with Crippen molar-refractivity contribution in [1.82, 2.24) is 14.9 Å². The SMILES string of the molecule is COc1cccc(OCCn2c(CCCCCNC(=O)c3ccc(C)cc3)nc3ccccc32)c1. The topological polar surface area (TPSA) is 65.4 Å². The molecule has 0 atom stereocenters. The summed E-state index contributed by atoms with van der Waals surface area (Å²) in [6.07, 6.45) is 3.87. The lowest BCUT2D eigenvalue weighted by Crippen LogP contribution is -2.24. The fourth-order valence-electron chi connectivity index (χ4n) is 4.11. The van der Waals surface area contributed by atoms with Crippen molar-refractivity contribution in [2.75, 3.05) is 20.3 Å². The molecule has 1 aromatic heterocycles. The number of imidazole rings is 1. The first kappa shape index (κ1) is 24.3. The number of methoxy groups -OCH3 is 1. The van der Waals surface area contributed by atoms with Crippen LogP contribution in [0, 0.1) is 6.92 Å². The van der Waals surface area contributed by atoms with Crippen LogP contribution in [0.1, 0.15) is 41.0 Å². The average Bonchev–Trinajstić information content (AvgIpc) is 3.24. The molecule has 0 aliphatic heterocycles. The maximum absolute atomic E-state index is 12.2. The summed E-state index contributed by atoms with van der Waals surface area (Å²) in [7, 11) is 1.65. The summed E-state index contributed by atoms with van der Waals surface area (Å²) in [6.45, 7) is 3.96. The number of amides is 1. The Morgan fingerprint density at radius 2 is 1.74 bits per heavy atom. The molecular formula is C29H33N3O3. The van der Waals surface area contributed by atoms with Crippen molar-refractivity contribution in [1.29, 1.82) is 0 Å². The Bertz CT molecular complexity index is 1250. The molecule has 1 heterocycles. The molecule has 1 amide bonds. The summed E-state index contributed by atoms with van der Waals surface area (Å²) >= 11 is 0. The highest BCUT2D eigenvalue weighted by Gasteiger charge is 2.11. The molecule has 35 heavy (non-hydrogen) atoms. The number of carbonyl (C=O) groups excluding carboxylic acids is 1. The Kier molecular flexibility index (Phi) is 8.39. The zero-order valence-electron chi connectivity index (χ0n) is 20.5. The maximum atomic E-state index is 12.2. The number of para-hydroxylation sites is 2. The predicted octanol–water partition coefficient (Wildman–Crippen LogP) is 5.58. The monoisotopic (exact) mass is 471 g/mol. The van der Waals surface area contributed by atoms with E-state index in [-0.39, 0.29) is 5.91 Å². The minimum Gasteiger partial charge on any atom is -0.497 e. The predicted molar refractivity (Wildman–Crippen MR) is 139 cm³/mol. The molecule has 0 radical (unpaired) electrons. The van der Waals surface area contributed by atoms with Crippen molar-refractivity contribution in [2.24, 2.45) is 0 Å². The van der Waals surface area contributed by atoms with Gasteiger partial charge in [0, 0.05) is 24.6 Å².